The Labute approximate surface area is 126 Å². The molecule has 0 aromatic carbocycles. The molecule has 1 N–H and O–H groups in total. The Balaban J connectivity index is 2.03. The Morgan fingerprint density at radius 3 is 2.67 bits per heavy atom. The van der Waals surface area contributed by atoms with E-state index in [1.807, 2.05) is 4.90 Å². The molecule has 6 nitrogen and oxygen atoms in total. The maximum atomic E-state index is 12.7. The van der Waals surface area contributed by atoms with Gasteiger partial charge in [0, 0.05) is 32.7 Å². The minimum absolute atomic E-state index is 0.106. The van der Waals surface area contributed by atoms with E-state index in [9.17, 15) is 14.7 Å². The summed E-state index contributed by atoms with van der Waals surface area (Å²) in [6, 6.07) is -0.770. The predicted octanol–water partition coefficient (Wildman–Crippen LogP) is 1.79. The van der Waals surface area contributed by atoms with E-state index in [-0.39, 0.29) is 6.03 Å². The molecular formula is C15H26N2O4. The average Bonchev–Trinajstić information content (AvgIpc) is 2.73. The molecule has 2 atom stereocenters. The smallest absolute Gasteiger partial charge is 0.326 e. The molecule has 0 radical (unpaired) electrons. The standard InChI is InChI=1S/C15H26N2O4/c1-21-11-12-6-5-8-16(10-12)15(20)17-9-4-2-3-7-13(17)14(18)19/h12-13H,2-11H2,1H3,(H,18,19). The average molecular weight is 298 g/mol. The number of ether oxygens (including phenoxy) is 1. The van der Waals surface area contributed by atoms with Crippen LogP contribution in [-0.4, -0.2) is 66.3 Å². The fourth-order valence-corrected chi connectivity index (χ4v) is 3.39. The summed E-state index contributed by atoms with van der Waals surface area (Å²) in [6.07, 6.45) is 5.37. The molecule has 2 heterocycles. The van der Waals surface area contributed by atoms with Gasteiger partial charge in [-0.05, 0) is 25.7 Å². The molecule has 2 aliphatic heterocycles. The van der Waals surface area contributed by atoms with E-state index in [2.05, 4.69) is 0 Å². The second-order valence-corrected chi connectivity index (χ2v) is 6.09. The number of hydrogen-bond acceptors (Lipinski definition) is 3. The zero-order chi connectivity index (χ0) is 15.2. The van der Waals surface area contributed by atoms with Crippen molar-refractivity contribution < 1.29 is 19.4 Å². The van der Waals surface area contributed by atoms with Gasteiger partial charge in [-0.3, -0.25) is 0 Å². The molecular weight excluding hydrogens is 272 g/mol. The fraction of sp³-hybridized carbons (Fsp3) is 0.867. The van der Waals surface area contributed by atoms with Crippen LogP contribution in [-0.2, 0) is 9.53 Å². The third kappa shape index (κ3) is 4.09. The van der Waals surface area contributed by atoms with Crippen molar-refractivity contribution in [3.63, 3.8) is 0 Å². The van der Waals surface area contributed by atoms with E-state index in [0.717, 1.165) is 38.6 Å². The summed E-state index contributed by atoms with van der Waals surface area (Å²) in [5.74, 6) is -0.515. The molecule has 0 bridgehead atoms. The van der Waals surface area contributed by atoms with Crippen molar-refractivity contribution in [3.05, 3.63) is 0 Å². The second kappa shape index (κ2) is 7.64. The molecule has 2 rings (SSSR count). The highest BCUT2D eigenvalue weighted by atomic mass is 16.5. The number of hydrogen-bond donors (Lipinski definition) is 1. The van der Waals surface area contributed by atoms with Gasteiger partial charge >= 0.3 is 12.0 Å². The summed E-state index contributed by atoms with van der Waals surface area (Å²) >= 11 is 0. The van der Waals surface area contributed by atoms with Crippen molar-refractivity contribution in [3.8, 4) is 0 Å². The lowest BCUT2D eigenvalue weighted by Gasteiger charge is -2.37. The Morgan fingerprint density at radius 1 is 1.14 bits per heavy atom. The lowest BCUT2D eigenvalue weighted by atomic mass is 9.99. The Hall–Kier alpha value is -1.30. The molecule has 21 heavy (non-hydrogen) atoms. The second-order valence-electron chi connectivity index (χ2n) is 6.09. The minimum Gasteiger partial charge on any atom is -0.480 e. The van der Waals surface area contributed by atoms with Crippen LogP contribution >= 0.6 is 0 Å². The van der Waals surface area contributed by atoms with Gasteiger partial charge in [0.05, 0.1) is 6.61 Å². The van der Waals surface area contributed by atoms with Crippen molar-refractivity contribution in [2.24, 2.45) is 5.92 Å². The zero-order valence-electron chi connectivity index (χ0n) is 12.8. The van der Waals surface area contributed by atoms with Crippen LogP contribution in [0.25, 0.3) is 0 Å². The highest BCUT2D eigenvalue weighted by Crippen LogP contribution is 2.22. The Bertz CT molecular complexity index is 373. The van der Waals surface area contributed by atoms with Gasteiger partial charge in [0.2, 0.25) is 0 Å². The van der Waals surface area contributed by atoms with Crippen LogP contribution in [0.15, 0.2) is 0 Å². The monoisotopic (exact) mass is 298 g/mol. The van der Waals surface area contributed by atoms with Gasteiger partial charge < -0.3 is 19.6 Å². The minimum atomic E-state index is -0.879. The van der Waals surface area contributed by atoms with Crippen LogP contribution in [0.5, 0.6) is 0 Å². The molecule has 0 aromatic heterocycles. The van der Waals surface area contributed by atoms with Crippen molar-refractivity contribution in [1.82, 2.24) is 9.80 Å². The summed E-state index contributed by atoms with van der Waals surface area (Å²) in [6.45, 7) is 2.62. The summed E-state index contributed by atoms with van der Waals surface area (Å²) in [4.78, 5) is 27.5. The first-order valence-electron chi connectivity index (χ1n) is 7.90. The van der Waals surface area contributed by atoms with Gasteiger partial charge in [-0.2, -0.15) is 0 Å². The first-order valence-corrected chi connectivity index (χ1v) is 7.90. The van der Waals surface area contributed by atoms with Crippen molar-refractivity contribution in [1.29, 1.82) is 0 Å². The normalized spacial score (nSPS) is 27.3. The number of methoxy groups -OCH3 is 1. The summed E-state index contributed by atoms with van der Waals surface area (Å²) in [5, 5.41) is 9.38. The SMILES string of the molecule is COCC1CCCN(C(=O)N2CCCCCC2C(=O)O)C1. The third-order valence-corrected chi connectivity index (χ3v) is 4.48. The van der Waals surface area contributed by atoms with E-state index in [1.54, 1.807) is 12.0 Å². The van der Waals surface area contributed by atoms with Crippen LogP contribution in [0.2, 0.25) is 0 Å². The van der Waals surface area contributed by atoms with Crippen LogP contribution in [0.4, 0.5) is 4.79 Å². The Morgan fingerprint density at radius 2 is 1.95 bits per heavy atom. The molecule has 2 unspecified atom stereocenters. The highest BCUT2D eigenvalue weighted by molar-refractivity contribution is 5.82. The van der Waals surface area contributed by atoms with E-state index in [1.165, 1.54) is 0 Å². The lowest BCUT2D eigenvalue weighted by Crippen LogP contribution is -2.53. The number of carboxylic acid groups (broad SMARTS) is 1. The summed E-state index contributed by atoms with van der Waals surface area (Å²) < 4.78 is 5.19. The molecule has 0 aromatic rings. The number of rotatable bonds is 3. The number of urea groups is 1. The van der Waals surface area contributed by atoms with Gasteiger partial charge in [0.1, 0.15) is 6.04 Å². The number of amides is 2. The van der Waals surface area contributed by atoms with Gasteiger partial charge in [-0.15, -0.1) is 0 Å². The first kappa shape index (κ1) is 16.1. The summed E-state index contributed by atoms with van der Waals surface area (Å²) in [5.41, 5.74) is 0. The number of piperidine rings is 1. The van der Waals surface area contributed by atoms with Crippen molar-refractivity contribution in [2.45, 2.75) is 44.6 Å². The van der Waals surface area contributed by atoms with E-state index in [0.29, 0.717) is 32.0 Å². The van der Waals surface area contributed by atoms with Crippen LogP contribution in [0.1, 0.15) is 38.5 Å². The fourth-order valence-electron chi connectivity index (χ4n) is 3.39. The van der Waals surface area contributed by atoms with Crippen LogP contribution < -0.4 is 0 Å². The third-order valence-electron chi connectivity index (χ3n) is 4.48. The largest absolute Gasteiger partial charge is 0.480 e. The maximum Gasteiger partial charge on any atom is 0.326 e. The lowest BCUT2D eigenvalue weighted by molar-refractivity contribution is -0.142. The number of carboxylic acids is 1. The Kier molecular flexibility index (Phi) is 5.85. The molecule has 2 saturated heterocycles. The van der Waals surface area contributed by atoms with Crippen LogP contribution in [0.3, 0.4) is 0 Å². The van der Waals surface area contributed by atoms with Gasteiger partial charge in [0.25, 0.3) is 0 Å². The van der Waals surface area contributed by atoms with E-state index in [4.69, 9.17) is 4.74 Å². The van der Waals surface area contributed by atoms with E-state index < -0.39 is 12.0 Å². The number of carbonyl (C=O) groups excluding carboxylic acids is 1. The van der Waals surface area contributed by atoms with E-state index >= 15 is 0 Å². The topological polar surface area (TPSA) is 70.1 Å². The van der Waals surface area contributed by atoms with Gasteiger partial charge in [0.15, 0.2) is 0 Å². The molecule has 120 valence electrons. The number of carbonyl (C=O) groups is 2. The van der Waals surface area contributed by atoms with Gasteiger partial charge in [-0.25, -0.2) is 9.59 Å². The highest BCUT2D eigenvalue weighted by Gasteiger charge is 2.34. The molecule has 0 spiro atoms. The van der Waals surface area contributed by atoms with Crippen molar-refractivity contribution >= 4 is 12.0 Å². The first-order chi connectivity index (χ1) is 10.1. The number of nitrogens with zero attached hydrogens (tertiary/aromatic N) is 2. The zero-order valence-corrected chi connectivity index (χ0v) is 12.8. The molecule has 0 saturated carbocycles. The molecule has 6 heteroatoms. The molecule has 0 aliphatic carbocycles. The van der Waals surface area contributed by atoms with Gasteiger partial charge in [-0.1, -0.05) is 12.8 Å². The molecule has 2 fully saturated rings. The summed E-state index contributed by atoms with van der Waals surface area (Å²) in [7, 11) is 1.68. The predicted molar refractivity (Wildman–Crippen MR) is 78.2 cm³/mol. The maximum absolute atomic E-state index is 12.7. The van der Waals surface area contributed by atoms with Crippen LogP contribution in [0, 0.1) is 5.92 Å². The molecule has 2 amide bonds. The number of likely N-dealkylation sites (tertiary alicyclic amines) is 2. The number of aliphatic carboxylic acids is 1. The quantitative estimate of drug-likeness (QED) is 0.862. The van der Waals surface area contributed by atoms with Crippen molar-refractivity contribution in [2.75, 3.05) is 33.4 Å². The molecule has 2 aliphatic rings.